The Morgan fingerprint density at radius 1 is 0.963 bits per heavy atom. The average Bonchev–Trinajstić information content (AvgIpc) is 2.73. The van der Waals surface area contributed by atoms with Crippen molar-refractivity contribution in [2.45, 2.75) is 6.54 Å². The molecule has 0 aliphatic heterocycles. The number of nitrogens with one attached hydrogen (secondary N) is 2. The molecule has 2 aromatic carbocycles. The topological polar surface area (TPSA) is 80.3 Å². The van der Waals surface area contributed by atoms with Gasteiger partial charge in [0.2, 0.25) is 0 Å². The predicted molar refractivity (Wildman–Crippen MR) is 103 cm³/mol. The number of nitrogens with zero attached hydrogens (tertiary/aromatic N) is 1. The molecule has 6 heteroatoms. The summed E-state index contributed by atoms with van der Waals surface area (Å²) in [4.78, 5) is 28.0. The van der Waals surface area contributed by atoms with E-state index in [-0.39, 0.29) is 5.91 Å². The first-order chi connectivity index (χ1) is 13.2. The van der Waals surface area contributed by atoms with Crippen LogP contribution in [-0.2, 0) is 11.3 Å². The molecule has 1 aromatic heterocycles. The lowest BCUT2D eigenvalue weighted by Gasteiger charge is -2.09. The molecule has 27 heavy (non-hydrogen) atoms. The minimum atomic E-state index is -0.401. The number of pyridine rings is 1. The van der Waals surface area contributed by atoms with Crippen molar-refractivity contribution in [1.82, 2.24) is 10.3 Å². The van der Waals surface area contributed by atoms with Crippen LogP contribution in [0.2, 0.25) is 0 Å². The fourth-order valence-electron chi connectivity index (χ4n) is 2.48. The zero-order valence-corrected chi connectivity index (χ0v) is 14.8. The zero-order chi connectivity index (χ0) is 19.1. The third kappa shape index (κ3) is 4.92. The summed E-state index contributed by atoms with van der Waals surface area (Å²) in [6.45, 7) is 0.446. The highest BCUT2D eigenvalue weighted by Crippen LogP contribution is 2.18. The van der Waals surface area contributed by atoms with Gasteiger partial charge in [-0.15, -0.1) is 0 Å². The molecule has 0 fully saturated rings. The summed E-state index contributed by atoms with van der Waals surface area (Å²) in [5.74, 6) is -0.639. The normalized spacial score (nSPS) is 10.1. The number of rotatable bonds is 6. The van der Waals surface area contributed by atoms with Crippen molar-refractivity contribution in [1.29, 1.82) is 0 Å². The van der Waals surface area contributed by atoms with E-state index in [9.17, 15) is 9.59 Å². The molecule has 136 valence electrons. The molecular formula is C21H19N3O3. The molecule has 0 radical (unpaired) electrons. The van der Waals surface area contributed by atoms with Crippen LogP contribution in [0.4, 0.5) is 11.4 Å². The van der Waals surface area contributed by atoms with Gasteiger partial charge in [0.15, 0.2) is 0 Å². The molecule has 0 aliphatic carbocycles. The highest BCUT2D eigenvalue weighted by Gasteiger charge is 2.08. The van der Waals surface area contributed by atoms with Crippen molar-refractivity contribution in [2.24, 2.45) is 0 Å². The van der Waals surface area contributed by atoms with Crippen molar-refractivity contribution in [3.63, 3.8) is 0 Å². The molecule has 0 spiro atoms. The maximum absolute atomic E-state index is 12.2. The Morgan fingerprint density at radius 2 is 1.78 bits per heavy atom. The van der Waals surface area contributed by atoms with Crippen LogP contribution in [0, 0.1) is 0 Å². The van der Waals surface area contributed by atoms with Gasteiger partial charge in [-0.2, -0.15) is 0 Å². The molecule has 0 saturated carbocycles. The Hall–Kier alpha value is -3.67. The van der Waals surface area contributed by atoms with E-state index in [1.165, 1.54) is 7.11 Å². The van der Waals surface area contributed by atoms with Gasteiger partial charge in [-0.3, -0.25) is 4.79 Å². The van der Waals surface area contributed by atoms with Crippen molar-refractivity contribution in [3.05, 3.63) is 89.7 Å². The van der Waals surface area contributed by atoms with Crippen LogP contribution in [0.5, 0.6) is 0 Å². The number of benzene rings is 2. The van der Waals surface area contributed by atoms with Gasteiger partial charge in [0.05, 0.1) is 24.6 Å². The third-order valence-corrected chi connectivity index (χ3v) is 3.86. The van der Waals surface area contributed by atoms with Crippen LogP contribution in [0.1, 0.15) is 26.4 Å². The van der Waals surface area contributed by atoms with Gasteiger partial charge in [0, 0.05) is 12.2 Å². The second-order valence-electron chi connectivity index (χ2n) is 5.80. The summed E-state index contributed by atoms with van der Waals surface area (Å²) in [6, 6.07) is 20.0. The molecule has 2 N–H and O–H groups in total. The predicted octanol–water partition coefficient (Wildman–Crippen LogP) is 3.54. The molecule has 6 nitrogen and oxygen atoms in total. The molecular weight excluding hydrogens is 342 g/mol. The molecule has 3 rings (SSSR count). The molecule has 0 atom stereocenters. The monoisotopic (exact) mass is 361 g/mol. The van der Waals surface area contributed by atoms with Crippen LogP contribution in [0.25, 0.3) is 0 Å². The van der Waals surface area contributed by atoms with E-state index in [1.54, 1.807) is 36.5 Å². The summed E-state index contributed by atoms with van der Waals surface area (Å²) in [7, 11) is 1.34. The second-order valence-corrected chi connectivity index (χ2v) is 5.80. The largest absolute Gasteiger partial charge is 0.465 e. The maximum Gasteiger partial charge on any atom is 0.337 e. The number of ether oxygens (including phenoxy) is 1. The molecule has 0 saturated heterocycles. The number of carbonyl (C=O) groups excluding carboxylic acids is 2. The lowest BCUT2D eigenvalue weighted by atomic mass is 10.2. The van der Waals surface area contributed by atoms with Crippen molar-refractivity contribution < 1.29 is 14.3 Å². The van der Waals surface area contributed by atoms with Crippen molar-refractivity contribution in [2.75, 3.05) is 12.4 Å². The summed E-state index contributed by atoms with van der Waals surface area (Å²) in [5.41, 5.74) is 3.24. The van der Waals surface area contributed by atoms with E-state index in [1.807, 2.05) is 36.4 Å². The minimum absolute atomic E-state index is 0.238. The third-order valence-electron chi connectivity index (χ3n) is 3.86. The number of aromatic nitrogens is 1. The molecule has 1 heterocycles. The quantitative estimate of drug-likeness (QED) is 0.657. The highest BCUT2D eigenvalue weighted by atomic mass is 16.5. The fourth-order valence-corrected chi connectivity index (χ4v) is 2.48. The Bertz CT molecular complexity index is 925. The standard InChI is InChI=1S/C21H19N3O3/c1-27-21(26)16-8-5-9-17(12-16)24-18-10-11-19(22-14-18)20(25)23-13-15-6-3-2-4-7-15/h2-12,14,24H,13H2,1H3,(H,23,25). The van der Waals surface area contributed by atoms with E-state index in [4.69, 9.17) is 4.74 Å². The highest BCUT2D eigenvalue weighted by molar-refractivity contribution is 5.92. The van der Waals surface area contributed by atoms with Crippen LogP contribution < -0.4 is 10.6 Å². The zero-order valence-electron chi connectivity index (χ0n) is 14.8. The number of carbonyl (C=O) groups is 2. The Morgan fingerprint density at radius 3 is 2.48 bits per heavy atom. The summed E-state index contributed by atoms with van der Waals surface area (Å²) in [5, 5.41) is 5.98. The lowest BCUT2D eigenvalue weighted by Crippen LogP contribution is -2.23. The van der Waals surface area contributed by atoms with E-state index < -0.39 is 5.97 Å². The molecule has 1 amide bonds. The Balaban J connectivity index is 1.61. The number of esters is 1. The average molecular weight is 361 g/mol. The van der Waals surface area contributed by atoms with E-state index in [0.29, 0.717) is 23.5 Å². The summed E-state index contributed by atoms with van der Waals surface area (Å²) >= 11 is 0. The Kier molecular flexibility index (Phi) is 5.79. The van der Waals surface area contributed by atoms with Gasteiger partial charge in [-0.1, -0.05) is 36.4 Å². The van der Waals surface area contributed by atoms with E-state index >= 15 is 0 Å². The molecule has 3 aromatic rings. The Labute approximate surface area is 157 Å². The van der Waals surface area contributed by atoms with Crippen LogP contribution in [0.15, 0.2) is 72.9 Å². The summed E-state index contributed by atoms with van der Waals surface area (Å²) in [6.07, 6.45) is 1.57. The number of hydrogen-bond donors (Lipinski definition) is 2. The van der Waals surface area contributed by atoms with Crippen LogP contribution in [0.3, 0.4) is 0 Å². The van der Waals surface area contributed by atoms with Gasteiger partial charge < -0.3 is 15.4 Å². The van der Waals surface area contributed by atoms with Gasteiger partial charge in [0.1, 0.15) is 5.69 Å². The fraction of sp³-hybridized carbons (Fsp3) is 0.0952. The maximum atomic E-state index is 12.2. The number of amides is 1. The van der Waals surface area contributed by atoms with Crippen molar-refractivity contribution in [3.8, 4) is 0 Å². The molecule has 0 bridgehead atoms. The van der Waals surface area contributed by atoms with Gasteiger partial charge in [-0.25, -0.2) is 9.78 Å². The first-order valence-electron chi connectivity index (χ1n) is 8.39. The summed E-state index contributed by atoms with van der Waals surface area (Å²) < 4.78 is 4.71. The first kappa shape index (κ1) is 18.1. The minimum Gasteiger partial charge on any atom is -0.465 e. The number of hydrogen-bond acceptors (Lipinski definition) is 5. The second kappa shape index (κ2) is 8.62. The van der Waals surface area contributed by atoms with Crippen molar-refractivity contribution >= 4 is 23.3 Å². The van der Waals surface area contributed by atoms with Gasteiger partial charge in [-0.05, 0) is 35.9 Å². The van der Waals surface area contributed by atoms with E-state index in [2.05, 4.69) is 15.6 Å². The lowest BCUT2D eigenvalue weighted by molar-refractivity contribution is 0.0600. The van der Waals surface area contributed by atoms with Gasteiger partial charge >= 0.3 is 5.97 Å². The molecule has 0 aliphatic rings. The van der Waals surface area contributed by atoms with Crippen LogP contribution in [-0.4, -0.2) is 24.0 Å². The SMILES string of the molecule is COC(=O)c1cccc(Nc2ccc(C(=O)NCc3ccccc3)nc2)c1. The number of anilines is 2. The van der Waals surface area contributed by atoms with Gasteiger partial charge in [0.25, 0.3) is 5.91 Å². The first-order valence-corrected chi connectivity index (χ1v) is 8.39. The molecule has 0 unspecified atom stereocenters. The number of methoxy groups -OCH3 is 1. The smallest absolute Gasteiger partial charge is 0.337 e. The van der Waals surface area contributed by atoms with E-state index in [0.717, 1.165) is 11.3 Å². The van der Waals surface area contributed by atoms with Crippen LogP contribution >= 0.6 is 0 Å².